The summed E-state index contributed by atoms with van der Waals surface area (Å²) in [6, 6.07) is 5.63. The van der Waals surface area contributed by atoms with Crippen molar-refractivity contribution in [3.05, 3.63) is 56.9 Å². The molecule has 4 aromatic rings. The standard InChI is InChI=1S/C23H29N9O2/c1-2-30-20-19(28-23(30)29-9-4-5-16(25)14-29)21(33)31(10-7-24)32(22(20)34)13-15-11-18-17(27-12-15)6-3-8-26-18/h3,6,8,11-12,16H,2,4-5,7,9-10,13-14,24-25H2,1H3. The summed E-state index contributed by atoms with van der Waals surface area (Å²) in [4.78, 5) is 42.9. The molecule has 11 nitrogen and oxygen atoms in total. The molecule has 11 heteroatoms. The van der Waals surface area contributed by atoms with Crippen LogP contribution >= 0.6 is 0 Å². The van der Waals surface area contributed by atoms with Gasteiger partial charge in [0, 0.05) is 44.6 Å². The molecule has 1 aliphatic heterocycles. The van der Waals surface area contributed by atoms with Gasteiger partial charge in [0.25, 0.3) is 11.1 Å². The lowest BCUT2D eigenvalue weighted by molar-refractivity contribution is 0.446. The maximum absolute atomic E-state index is 13.8. The summed E-state index contributed by atoms with van der Waals surface area (Å²) < 4.78 is 4.68. The first kappa shape index (κ1) is 22.2. The Morgan fingerprint density at radius 3 is 2.76 bits per heavy atom. The van der Waals surface area contributed by atoms with Crippen molar-refractivity contribution in [3.63, 3.8) is 0 Å². The number of aromatic nitrogens is 6. The van der Waals surface area contributed by atoms with Gasteiger partial charge in [-0.3, -0.25) is 19.6 Å². The number of nitrogens with zero attached hydrogens (tertiary/aromatic N) is 7. The smallest absolute Gasteiger partial charge is 0.293 e. The second-order valence-electron chi connectivity index (χ2n) is 8.67. The van der Waals surface area contributed by atoms with Gasteiger partial charge in [-0.15, -0.1) is 0 Å². The summed E-state index contributed by atoms with van der Waals surface area (Å²) >= 11 is 0. The third-order valence-electron chi connectivity index (χ3n) is 6.35. The Labute approximate surface area is 195 Å². The summed E-state index contributed by atoms with van der Waals surface area (Å²) in [6.07, 6.45) is 5.30. The molecule has 4 aromatic heterocycles. The van der Waals surface area contributed by atoms with E-state index in [0.29, 0.717) is 24.6 Å². The number of piperidine rings is 1. The average Bonchev–Trinajstić information content (AvgIpc) is 3.25. The lowest BCUT2D eigenvalue weighted by Crippen LogP contribution is -2.44. The van der Waals surface area contributed by atoms with Crippen molar-refractivity contribution in [2.24, 2.45) is 11.5 Å². The van der Waals surface area contributed by atoms with E-state index in [1.54, 1.807) is 12.4 Å². The van der Waals surface area contributed by atoms with Gasteiger partial charge in [0.15, 0.2) is 5.52 Å². The minimum atomic E-state index is -0.332. The Kier molecular flexibility index (Phi) is 5.88. The molecule has 5 rings (SSSR count). The van der Waals surface area contributed by atoms with E-state index in [2.05, 4.69) is 19.9 Å². The third kappa shape index (κ3) is 3.76. The van der Waals surface area contributed by atoms with Crippen molar-refractivity contribution >= 4 is 28.0 Å². The molecule has 5 heterocycles. The van der Waals surface area contributed by atoms with Crippen LogP contribution in [0.25, 0.3) is 22.1 Å². The molecule has 1 fully saturated rings. The van der Waals surface area contributed by atoms with Crippen LogP contribution in [0.15, 0.2) is 40.2 Å². The first-order valence-corrected chi connectivity index (χ1v) is 11.7. The third-order valence-corrected chi connectivity index (χ3v) is 6.35. The van der Waals surface area contributed by atoms with Crippen molar-refractivity contribution in [3.8, 4) is 0 Å². The number of hydrogen-bond donors (Lipinski definition) is 2. The fourth-order valence-electron chi connectivity index (χ4n) is 4.76. The normalized spacial score (nSPS) is 16.6. The summed E-state index contributed by atoms with van der Waals surface area (Å²) in [5.74, 6) is 0.621. The average molecular weight is 464 g/mol. The van der Waals surface area contributed by atoms with Crippen LogP contribution in [0.5, 0.6) is 0 Å². The Morgan fingerprint density at radius 2 is 2.00 bits per heavy atom. The van der Waals surface area contributed by atoms with Crippen LogP contribution in [0.1, 0.15) is 25.3 Å². The Hall–Kier alpha value is -3.57. The van der Waals surface area contributed by atoms with E-state index in [1.165, 1.54) is 9.36 Å². The number of rotatable bonds is 6. The lowest BCUT2D eigenvalue weighted by atomic mass is 10.1. The van der Waals surface area contributed by atoms with Gasteiger partial charge in [-0.2, -0.15) is 0 Å². The van der Waals surface area contributed by atoms with Crippen molar-refractivity contribution in [1.29, 1.82) is 0 Å². The predicted octanol–water partition coefficient (Wildman–Crippen LogP) is 0.257. The van der Waals surface area contributed by atoms with Crippen molar-refractivity contribution < 1.29 is 0 Å². The number of imidazole rings is 1. The van der Waals surface area contributed by atoms with E-state index in [-0.39, 0.29) is 42.3 Å². The molecular formula is C23H29N9O2. The molecule has 0 bridgehead atoms. The minimum absolute atomic E-state index is 0.0402. The van der Waals surface area contributed by atoms with Crippen LogP contribution in [-0.4, -0.2) is 54.6 Å². The van der Waals surface area contributed by atoms with E-state index in [4.69, 9.17) is 11.5 Å². The Balaban J connectivity index is 1.69. The van der Waals surface area contributed by atoms with E-state index in [9.17, 15) is 9.59 Å². The molecule has 1 unspecified atom stereocenters. The monoisotopic (exact) mass is 463 g/mol. The van der Waals surface area contributed by atoms with Gasteiger partial charge in [0.05, 0.1) is 24.1 Å². The fourth-order valence-corrected chi connectivity index (χ4v) is 4.76. The highest BCUT2D eigenvalue weighted by Gasteiger charge is 2.26. The maximum atomic E-state index is 13.8. The first-order valence-electron chi connectivity index (χ1n) is 11.7. The van der Waals surface area contributed by atoms with E-state index in [0.717, 1.165) is 36.0 Å². The number of nitrogens with two attached hydrogens (primary N) is 2. The molecule has 0 spiro atoms. The van der Waals surface area contributed by atoms with E-state index < -0.39 is 0 Å². The van der Waals surface area contributed by atoms with Gasteiger partial charge in [0.2, 0.25) is 5.95 Å². The predicted molar refractivity (Wildman–Crippen MR) is 131 cm³/mol. The summed E-state index contributed by atoms with van der Waals surface area (Å²) in [5.41, 5.74) is 14.1. The van der Waals surface area contributed by atoms with E-state index >= 15 is 0 Å². The number of fused-ring (bicyclic) bond motifs is 2. The molecule has 4 N–H and O–H groups in total. The Morgan fingerprint density at radius 1 is 1.15 bits per heavy atom. The molecule has 0 aliphatic carbocycles. The molecule has 178 valence electrons. The summed E-state index contributed by atoms with van der Waals surface area (Å²) in [6.45, 7) is 4.47. The van der Waals surface area contributed by atoms with Crippen LogP contribution < -0.4 is 27.5 Å². The molecule has 0 aromatic carbocycles. The zero-order valence-electron chi connectivity index (χ0n) is 19.2. The van der Waals surface area contributed by atoms with Crippen LogP contribution in [0.3, 0.4) is 0 Å². The summed E-state index contributed by atoms with van der Waals surface area (Å²) in [5, 5.41) is 0. The van der Waals surface area contributed by atoms with Crippen LogP contribution in [-0.2, 0) is 19.6 Å². The second-order valence-corrected chi connectivity index (χ2v) is 8.67. The summed E-state index contributed by atoms with van der Waals surface area (Å²) in [7, 11) is 0. The number of anilines is 1. The SMILES string of the molecule is CCn1c(N2CCCC(N)C2)nc2c(=O)n(CCN)n(Cc3cnc4cccnc4c3)c(=O)c21. The number of hydrogen-bond acceptors (Lipinski definition) is 8. The number of aryl methyl sites for hydroxylation is 1. The van der Waals surface area contributed by atoms with Gasteiger partial charge >= 0.3 is 0 Å². The molecule has 34 heavy (non-hydrogen) atoms. The highest BCUT2D eigenvalue weighted by atomic mass is 16.2. The highest BCUT2D eigenvalue weighted by molar-refractivity contribution is 5.77. The van der Waals surface area contributed by atoms with Gasteiger partial charge in [-0.1, -0.05) is 0 Å². The molecule has 1 aliphatic rings. The van der Waals surface area contributed by atoms with Crippen molar-refractivity contribution in [2.75, 3.05) is 24.5 Å². The van der Waals surface area contributed by atoms with Crippen LogP contribution in [0.2, 0.25) is 0 Å². The Bertz CT molecular complexity index is 1470. The van der Waals surface area contributed by atoms with Crippen LogP contribution in [0.4, 0.5) is 5.95 Å². The molecular weight excluding hydrogens is 434 g/mol. The second kappa shape index (κ2) is 8.99. The molecule has 0 saturated carbocycles. The van der Waals surface area contributed by atoms with Gasteiger partial charge in [-0.05, 0) is 43.5 Å². The minimum Gasteiger partial charge on any atom is -0.341 e. The van der Waals surface area contributed by atoms with Crippen LogP contribution in [0, 0.1) is 0 Å². The molecule has 1 atom stereocenters. The topological polar surface area (TPSA) is 143 Å². The fraction of sp³-hybridized carbons (Fsp3) is 0.435. The zero-order chi connectivity index (χ0) is 23.8. The molecule has 0 radical (unpaired) electrons. The van der Waals surface area contributed by atoms with E-state index in [1.807, 2.05) is 29.7 Å². The van der Waals surface area contributed by atoms with Gasteiger partial charge < -0.3 is 20.9 Å². The molecule has 0 amide bonds. The highest BCUT2D eigenvalue weighted by Crippen LogP contribution is 2.22. The van der Waals surface area contributed by atoms with Gasteiger partial charge in [0.1, 0.15) is 5.52 Å². The van der Waals surface area contributed by atoms with Crippen molar-refractivity contribution in [1.82, 2.24) is 28.9 Å². The number of pyridine rings is 2. The quantitative estimate of drug-likeness (QED) is 0.414. The molecule has 1 saturated heterocycles. The zero-order valence-corrected chi connectivity index (χ0v) is 19.2. The first-order chi connectivity index (χ1) is 16.5. The maximum Gasteiger partial charge on any atom is 0.293 e. The largest absolute Gasteiger partial charge is 0.341 e. The van der Waals surface area contributed by atoms with Gasteiger partial charge in [-0.25, -0.2) is 14.3 Å². The van der Waals surface area contributed by atoms with Crippen molar-refractivity contribution in [2.45, 2.75) is 45.4 Å². The lowest BCUT2D eigenvalue weighted by Gasteiger charge is -2.31.